The van der Waals surface area contributed by atoms with Gasteiger partial charge in [-0.3, -0.25) is 4.79 Å². The fraction of sp³-hybridized carbons (Fsp3) is 0.350. The molecule has 130 valence electrons. The van der Waals surface area contributed by atoms with Crippen LogP contribution in [-0.4, -0.2) is 30.8 Å². The van der Waals surface area contributed by atoms with E-state index in [4.69, 9.17) is 9.47 Å². The molecule has 4 rings (SSSR count). The van der Waals surface area contributed by atoms with Gasteiger partial charge in [0.15, 0.2) is 6.10 Å². The molecule has 0 saturated carbocycles. The summed E-state index contributed by atoms with van der Waals surface area (Å²) in [5, 5.41) is 13.9. The summed E-state index contributed by atoms with van der Waals surface area (Å²) in [5.74, 6) is 0.453. The van der Waals surface area contributed by atoms with Crippen LogP contribution in [0.4, 0.5) is 0 Å². The quantitative estimate of drug-likeness (QED) is 0.898. The highest BCUT2D eigenvalue weighted by Gasteiger charge is 2.37. The Labute approximate surface area is 146 Å². The molecule has 2 aromatic carbocycles. The lowest BCUT2D eigenvalue weighted by molar-refractivity contribution is -0.135. The average molecular weight is 339 g/mol. The summed E-state index contributed by atoms with van der Waals surface area (Å²) in [6.45, 7) is 1.08. The first kappa shape index (κ1) is 16.1. The maximum absolute atomic E-state index is 12.7. The third-order valence-corrected chi connectivity index (χ3v) is 4.95. The molecule has 1 amide bonds. The number of ether oxygens (including phenoxy) is 2. The first-order valence-electron chi connectivity index (χ1n) is 8.59. The van der Waals surface area contributed by atoms with Crippen molar-refractivity contribution in [2.24, 2.45) is 0 Å². The van der Waals surface area contributed by atoms with Crippen LogP contribution in [0, 0.1) is 0 Å². The molecule has 2 aliphatic heterocycles. The van der Waals surface area contributed by atoms with Gasteiger partial charge >= 0.3 is 0 Å². The van der Waals surface area contributed by atoms with Crippen LogP contribution < -0.4 is 10.1 Å². The smallest absolute Gasteiger partial charge is 0.253 e. The monoisotopic (exact) mass is 339 g/mol. The molecule has 5 nitrogen and oxygen atoms in total. The highest BCUT2D eigenvalue weighted by molar-refractivity contribution is 5.83. The molecule has 0 aromatic heterocycles. The zero-order valence-electron chi connectivity index (χ0n) is 13.9. The number of benzene rings is 2. The number of rotatable bonds is 3. The second-order valence-corrected chi connectivity index (χ2v) is 6.54. The Morgan fingerprint density at radius 3 is 2.88 bits per heavy atom. The Kier molecular flexibility index (Phi) is 4.19. The molecule has 5 heteroatoms. The molecular weight excluding hydrogens is 318 g/mol. The van der Waals surface area contributed by atoms with Gasteiger partial charge in [-0.05, 0) is 23.6 Å². The number of para-hydroxylation sites is 1. The largest absolute Gasteiger partial charge is 0.493 e. The average Bonchev–Trinajstić information content (AvgIpc) is 2.66. The SMILES string of the molecule is O=C(NCC1(O)CCOc2ccccc21)C1OCCc2ccccc21. The minimum Gasteiger partial charge on any atom is -0.493 e. The molecule has 0 aliphatic carbocycles. The van der Waals surface area contributed by atoms with Crippen molar-refractivity contribution in [2.75, 3.05) is 19.8 Å². The molecule has 0 fully saturated rings. The summed E-state index contributed by atoms with van der Waals surface area (Å²) in [6.07, 6.45) is 0.629. The van der Waals surface area contributed by atoms with E-state index in [1.807, 2.05) is 48.5 Å². The Hall–Kier alpha value is -2.37. The molecule has 0 spiro atoms. The number of fused-ring (bicyclic) bond motifs is 2. The lowest BCUT2D eigenvalue weighted by Crippen LogP contribution is -2.45. The van der Waals surface area contributed by atoms with E-state index in [2.05, 4.69) is 5.32 Å². The van der Waals surface area contributed by atoms with Crippen LogP contribution >= 0.6 is 0 Å². The maximum Gasteiger partial charge on any atom is 0.253 e. The van der Waals surface area contributed by atoms with Crippen molar-refractivity contribution >= 4 is 5.91 Å². The van der Waals surface area contributed by atoms with E-state index >= 15 is 0 Å². The van der Waals surface area contributed by atoms with Gasteiger partial charge in [0, 0.05) is 12.0 Å². The number of nitrogens with one attached hydrogen (secondary N) is 1. The minimum absolute atomic E-state index is 0.133. The predicted molar refractivity (Wildman–Crippen MR) is 92.3 cm³/mol. The topological polar surface area (TPSA) is 67.8 Å². The van der Waals surface area contributed by atoms with Crippen LogP contribution in [0.3, 0.4) is 0 Å². The first-order chi connectivity index (χ1) is 12.2. The summed E-state index contributed by atoms with van der Waals surface area (Å²) in [6, 6.07) is 15.3. The lowest BCUT2D eigenvalue weighted by Gasteiger charge is -2.35. The number of carbonyl (C=O) groups is 1. The van der Waals surface area contributed by atoms with Gasteiger partial charge in [0.25, 0.3) is 5.91 Å². The molecule has 0 bridgehead atoms. The molecule has 2 atom stereocenters. The molecule has 2 N–H and O–H groups in total. The van der Waals surface area contributed by atoms with Gasteiger partial charge in [0.05, 0.1) is 19.8 Å². The standard InChI is InChI=1S/C20H21NO4/c22-19(18-15-6-2-1-5-14(15)9-11-25-18)21-13-20(23)10-12-24-17-8-4-3-7-16(17)20/h1-8,18,23H,9-13H2,(H,21,22). The molecular formula is C20H21NO4. The summed E-state index contributed by atoms with van der Waals surface area (Å²) < 4.78 is 11.3. The van der Waals surface area contributed by atoms with Crippen molar-refractivity contribution in [3.8, 4) is 5.75 Å². The lowest BCUT2D eigenvalue weighted by atomic mass is 9.88. The summed E-state index contributed by atoms with van der Waals surface area (Å²) in [5.41, 5.74) is 1.64. The van der Waals surface area contributed by atoms with E-state index in [-0.39, 0.29) is 12.5 Å². The number of aliphatic hydroxyl groups is 1. The Morgan fingerprint density at radius 1 is 1.16 bits per heavy atom. The minimum atomic E-state index is -1.13. The molecule has 2 heterocycles. The van der Waals surface area contributed by atoms with E-state index in [0.717, 1.165) is 17.5 Å². The Bertz CT molecular complexity index is 791. The fourth-order valence-corrected chi connectivity index (χ4v) is 3.56. The van der Waals surface area contributed by atoms with Gasteiger partial charge < -0.3 is 19.9 Å². The number of hydrogen-bond acceptors (Lipinski definition) is 4. The molecule has 25 heavy (non-hydrogen) atoms. The van der Waals surface area contributed by atoms with Gasteiger partial charge in [0.2, 0.25) is 0 Å². The van der Waals surface area contributed by atoms with Crippen molar-refractivity contribution < 1.29 is 19.4 Å². The van der Waals surface area contributed by atoms with E-state index in [0.29, 0.717) is 30.9 Å². The number of amides is 1. The van der Waals surface area contributed by atoms with E-state index in [1.54, 1.807) is 0 Å². The summed E-state index contributed by atoms with van der Waals surface area (Å²) >= 11 is 0. The molecule has 2 aromatic rings. The summed E-state index contributed by atoms with van der Waals surface area (Å²) in [7, 11) is 0. The van der Waals surface area contributed by atoms with Crippen LogP contribution in [0.15, 0.2) is 48.5 Å². The van der Waals surface area contributed by atoms with Crippen LogP contribution in [0.5, 0.6) is 5.75 Å². The van der Waals surface area contributed by atoms with Gasteiger partial charge in [0.1, 0.15) is 11.4 Å². The molecule has 0 saturated heterocycles. The van der Waals surface area contributed by atoms with Gasteiger partial charge in [-0.2, -0.15) is 0 Å². The van der Waals surface area contributed by atoms with E-state index < -0.39 is 11.7 Å². The van der Waals surface area contributed by atoms with Crippen LogP contribution in [0.2, 0.25) is 0 Å². The normalized spacial score (nSPS) is 24.6. The van der Waals surface area contributed by atoms with Crippen molar-refractivity contribution in [3.05, 3.63) is 65.2 Å². The molecule has 0 radical (unpaired) electrons. The zero-order chi connectivity index (χ0) is 17.3. The van der Waals surface area contributed by atoms with Gasteiger partial charge in [-0.15, -0.1) is 0 Å². The van der Waals surface area contributed by atoms with Crippen LogP contribution in [-0.2, 0) is 21.6 Å². The highest BCUT2D eigenvalue weighted by atomic mass is 16.5. The summed E-state index contributed by atoms with van der Waals surface area (Å²) in [4.78, 5) is 12.7. The van der Waals surface area contributed by atoms with E-state index in [9.17, 15) is 9.90 Å². The second-order valence-electron chi connectivity index (χ2n) is 6.54. The first-order valence-corrected chi connectivity index (χ1v) is 8.59. The van der Waals surface area contributed by atoms with Crippen molar-refractivity contribution in [2.45, 2.75) is 24.5 Å². The zero-order valence-corrected chi connectivity index (χ0v) is 13.9. The van der Waals surface area contributed by atoms with Crippen LogP contribution in [0.25, 0.3) is 0 Å². The van der Waals surface area contributed by atoms with Crippen molar-refractivity contribution in [1.82, 2.24) is 5.32 Å². The van der Waals surface area contributed by atoms with E-state index in [1.165, 1.54) is 0 Å². The third-order valence-electron chi connectivity index (χ3n) is 4.95. The number of hydrogen-bond donors (Lipinski definition) is 2. The number of carbonyl (C=O) groups excluding carboxylic acids is 1. The Balaban J connectivity index is 1.50. The highest BCUT2D eigenvalue weighted by Crippen LogP contribution is 2.36. The fourth-order valence-electron chi connectivity index (χ4n) is 3.56. The predicted octanol–water partition coefficient (Wildman–Crippen LogP) is 2.09. The van der Waals surface area contributed by atoms with Gasteiger partial charge in [-0.25, -0.2) is 0 Å². The third kappa shape index (κ3) is 3.01. The van der Waals surface area contributed by atoms with Crippen molar-refractivity contribution in [1.29, 1.82) is 0 Å². The maximum atomic E-state index is 12.7. The van der Waals surface area contributed by atoms with Crippen molar-refractivity contribution in [3.63, 3.8) is 0 Å². The molecule has 2 aliphatic rings. The Morgan fingerprint density at radius 2 is 1.96 bits per heavy atom. The molecule has 2 unspecified atom stereocenters. The van der Waals surface area contributed by atoms with Crippen LogP contribution in [0.1, 0.15) is 29.2 Å². The second kappa shape index (κ2) is 6.50. The van der Waals surface area contributed by atoms with Gasteiger partial charge in [-0.1, -0.05) is 42.5 Å².